The fourth-order valence-electron chi connectivity index (χ4n) is 6.15. The van der Waals surface area contributed by atoms with E-state index in [4.69, 9.17) is 0 Å². The summed E-state index contributed by atoms with van der Waals surface area (Å²) in [4.78, 5) is 26.7. The first-order chi connectivity index (χ1) is 17.4. The van der Waals surface area contributed by atoms with Crippen LogP contribution in [0.15, 0.2) is 91.0 Å². The summed E-state index contributed by atoms with van der Waals surface area (Å²) in [6.07, 6.45) is 6.92. The highest BCUT2D eigenvalue weighted by Gasteiger charge is 2.49. The van der Waals surface area contributed by atoms with Crippen LogP contribution in [0.1, 0.15) is 57.9 Å². The predicted molar refractivity (Wildman–Crippen MR) is 152 cm³/mol. The third-order valence-electron chi connectivity index (χ3n) is 8.55. The molecule has 0 spiro atoms. The number of aldehydes is 1. The van der Waals surface area contributed by atoms with Crippen LogP contribution in [-0.2, 0) is 11.3 Å². The molecule has 0 saturated carbocycles. The lowest BCUT2D eigenvalue weighted by atomic mass is 9.72. The van der Waals surface area contributed by atoms with Gasteiger partial charge in [0.15, 0.2) is 0 Å². The van der Waals surface area contributed by atoms with Gasteiger partial charge in [0.1, 0.15) is 6.29 Å². The Morgan fingerprint density at radius 1 is 0.861 bits per heavy atom. The normalized spacial score (nSPS) is 16.5. The Kier molecular flexibility index (Phi) is 8.61. The van der Waals surface area contributed by atoms with E-state index in [2.05, 4.69) is 73.3 Å². The van der Waals surface area contributed by atoms with E-state index in [-0.39, 0.29) is 10.5 Å². The smallest absolute Gasteiger partial charge is 0.258 e. The molecule has 4 heteroatoms. The molecule has 1 N–H and O–H groups in total. The minimum atomic E-state index is -2.99. The highest BCUT2D eigenvalue weighted by atomic mass is 28.4. The van der Waals surface area contributed by atoms with Gasteiger partial charge in [-0.25, -0.2) is 0 Å². The third-order valence-corrected chi connectivity index (χ3v) is 13.1. The van der Waals surface area contributed by atoms with Crippen molar-refractivity contribution in [2.45, 2.75) is 64.0 Å². The van der Waals surface area contributed by atoms with Gasteiger partial charge in [0, 0.05) is 13.0 Å². The number of likely N-dealkylation sites (tertiary alicyclic amines) is 1. The van der Waals surface area contributed by atoms with Crippen LogP contribution in [0, 0.1) is 5.41 Å². The van der Waals surface area contributed by atoms with E-state index in [0.29, 0.717) is 6.42 Å². The Bertz CT molecular complexity index is 1040. The monoisotopic (exact) mass is 499 g/mol. The Hall–Kier alpha value is -2.53. The summed E-state index contributed by atoms with van der Waals surface area (Å²) in [6, 6.07) is 31.2. The second-order valence-corrected chi connectivity index (χ2v) is 15.2. The predicted octanol–water partition coefficient (Wildman–Crippen LogP) is 5.56. The molecule has 4 rings (SSSR count). The highest BCUT2D eigenvalue weighted by molar-refractivity contribution is 6.98. The quantitative estimate of drug-likeness (QED) is 0.277. The van der Waals surface area contributed by atoms with Crippen molar-refractivity contribution in [3.8, 4) is 0 Å². The molecule has 1 aliphatic heterocycles. The molecule has 0 amide bonds. The van der Waals surface area contributed by atoms with Crippen LogP contribution < -0.4 is 10.4 Å². The summed E-state index contributed by atoms with van der Waals surface area (Å²) in [6.45, 7) is 7.55. The van der Waals surface area contributed by atoms with Gasteiger partial charge in [-0.2, -0.15) is 0 Å². The van der Waals surface area contributed by atoms with E-state index in [9.17, 15) is 9.59 Å². The molecule has 1 saturated heterocycles. The van der Waals surface area contributed by atoms with Crippen LogP contribution >= 0.6 is 0 Å². The molecule has 1 aliphatic rings. The largest absolute Gasteiger partial charge is 0.424 e. The molecule has 0 radical (unpaired) electrons. The molecule has 1 fully saturated rings. The first-order valence-corrected chi connectivity index (χ1v) is 15.4. The molecule has 0 atom stereocenters. The van der Waals surface area contributed by atoms with Gasteiger partial charge >= 0.3 is 0 Å². The fourth-order valence-corrected chi connectivity index (χ4v) is 9.94. The lowest BCUT2D eigenvalue weighted by Gasteiger charge is -2.44. The summed E-state index contributed by atoms with van der Waals surface area (Å²) < 4.78 is 0. The van der Waals surface area contributed by atoms with Crippen molar-refractivity contribution in [3.05, 3.63) is 96.6 Å². The van der Waals surface area contributed by atoms with Crippen LogP contribution in [0.5, 0.6) is 0 Å². The molecule has 0 aliphatic carbocycles. The SMILES string of the molecule is CC(C)(CCCC1(CC=O)CCN(Cc2ccccc2)CC1)[Si](O)(c1ccccc1)c1ccccc1. The summed E-state index contributed by atoms with van der Waals surface area (Å²) in [7, 11) is -2.99. The number of hydrogen-bond donors (Lipinski definition) is 1. The van der Waals surface area contributed by atoms with Crippen LogP contribution in [0.25, 0.3) is 0 Å². The van der Waals surface area contributed by atoms with Gasteiger partial charge in [0.05, 0.1) is 0 Å². The number of hydrogen-bond acceptors (Lipinski definition) is 3. The van der Waals surface area contributed by atoms with Crippen molar-refractivity contribution >= 4 is 25.0 Å². The van der Waals surface area contributed by atoms with Crippen molar-refractivity contribution < 1.29 is 9.59 Å². The topological polar surface area (TPSA) is 40.5 Å². The molecule has 0 aromatic heterocycles. The second kappa shape index (κ2) is 11.7. The average Bonchev–Trinajstić information content (AvgIpc) is 2.91. The molecule has 3 aromatic carbocycles. The standard InChI is InChI=1S/C32H41NO2Si/c1-31(2,36(35,29-15-8-4-9-16-29)30-17-10-5-11-18-30)19-12-20-32(23-26-34)21-24-33(25-22-32)27-28-13-6-3-7-14-28/h3-11,13-18,26,35H,12,19-25,27H2,1-2H3. The van der Waals surface area contributed by atoms with Crippen LogP contribution in [0.2, 0.25) is 5.04 Å². The van der Waals surface area contributed by atoms with Crippen LogP contribution in [0.4, 0.5) is 0 Å². The molecule has 36 heavy (non-hydrogen) atoms. The second-order valence-electron chi connectivity index (χ2n) is 11.3. The molecule has 3 aromatic rings. The van der Waals surface area contributed by atoms with Gasteiger partial charge in [-0.3, -0.25) is 4.90 Å². The van der Waals surface area contributed by atoms with Gasteiger partial charge in [-0.15, -0.1) is 0 Å². The Morgan fingerprint density at radius 2 is 1.36 bits per heavy atom. The van der Waals surface area contributed by atoms with Crippen molar-refractivity contribution in [1.29, 1.82) is 0 Å². The summed E-state index contributed by atoms with van der Waals surface area (Å²) in [5.41, 5.74) is 1.44. The van der Waals surface area contributed by atoms with E-state index >= 15 is 0 Å². The minimum absolute atomic E-state index is 0.0875. The highest BCUT2D eigenvalue weighted by Crippen LogP contribution is 2.44. The van der Waals surface area contributed by atoms with E-state index in [1.54, 1.807) is 0 Å². The van der Waals surface area contributed by atoms with Crippen molar-refractivity contribution in [2.24, 2.45) is 5.41 Å². The van der Waals surface area contributed by atoms with Crippen LogP contribution in [0.3, 0.4) is 0 Å². The summed E-state index contributed by atoms with van der Waals surface area (Å²) in [5.74, 6) is 0. The molecule has 1 heterocycles. The molecular weight excluding hydrogens is 458 g/mol. The van der Waals surface area contributed by atoms with Gasteiger partial charge in [-0.1, -0.05) is 111 Å². The van der Waals surface area contributed by atoms with Gasteiger partial charge in [0.2, 0.25) is 0 Å². The average molecular weight is 500 g/mol. The lowest BCUT2D eigenvalue weighted by molar-refractivity contribution is -0.110. The number of carbonyl (C=O) groups is 1. The number of carbonyl (C=O) groups excluding carboxylic acids is 1. The fraction of sp³-hybridized carbons (Fsp3) is 0.406. The van der Waals surface area contributed by atoms with Crippen molar-refractivity contribution in [2.75, 3.05) is 13.1 Å². The van der Waals surface area contributed by atoms with Crippen molar-refractivity contribution in [3.63, 3.8) is 0 Å². The zero-order chi connectivity index (χ0) is 25.5. The van der Waals surface area contributed by atoms with Gasteiger partial charge in [-0.05, 0) is 65.2 Å². The molecule has 0 bridgehead atoms. The zero-order valence-corrected chi connectivity index (χ0v) is 22.9. The Labute approximate surface area is 218 Å². The maximum Gasteiger partial charge on any atom is 0.258 e. The first kappa shape index (κ1) is 26.5. The maximum atomic E-state index is 12.4. The van der Waals surface area contributed by atoms with E-state index in [1.807, 2.05) is 36.4 Å². The number of nitrogens with zero attached hydrogens (tertiary/aromatic N) is 1. The van der Waals surface area contributed by atoms with E-state index < -0.39 is 8.32 Å². The molecule has 190 valence electrons. The lowest BCUT2D eigenvalue weighted by Crippen LogP contribution is -2.65. The minimum Gasteiger partial charge on any atom is -0.424 e. The number of piperidine rings is 1. The Balaban J connectivity index is 1.44. The van der Waals surface area contributed by atoms with E-state index in [0.717, 1.165) is 68.4 Å². The van der Waals surface area contributed by atoms with Gasteiger partial charge < -0.3 is 9.59 Å². The van der Waals surface area contributed by atoms with Gasteiger partial charge in [0.25, 0.3) is 8.32 Å². The third kappa shape index (κ3) is 5.88. The van der Waals surface area contributed by atoms with Crippen LogP contribution in [-0.4, -0.2) is 37.4 Å². The number of benzene rings is 3. The van der Waals surface area contributed by atoms with E-state index in [1.165, 1.54) is 5.56 Å². The summed E-state index contributed by atoms with van der Waals surface area (Å²) in [5, 5.41) is 1.89. The number of rotatable bonds is 11. The zero-order valence-electron chi connectivity index (χ0n) is 21.9. The first-order valence-electron chi connectivity index (χ1n) is 13.4. The molecular formula is C32H41NO2Si. The Morgan fingerprint density at radius 3 is 1.86 bits per heavy atom. The van der Waals surface area contributed by atoms with Crippen molar-refractivity contribution in [1.82, 2.24) is 4.90 Å². The summed E-state index contributed by atoms with van der Waals surface area (Å²) >= 11 is 0. The molecule has 3 nitrogen and oxygen atoms in total. The maximum absolute atomic E-state index is 12.4. The molecule has 0 unspecified atom stereocenters.